The van der Waals surface area contributed by atoms with Crippen molar-refractivity contribution in [3.8, 4) is 0 Å². The third-order valence-electron chi connectivity index (χ3n) is 4.03. The largest absolute Gasteiger partial charge is 0.459 e. The number of esters is 1. The molecule has 146 valence electrons. The number of aromatic nitrogens is 2. The Kier molecular flexibility index (Phi) is 5.89. The molecule has 0 N–H and O–H groups in total. The van der Waals surface area contributed by atoms with Crippen LogP contribution >= 0.6 is 11.8 Å². The molecule has 0 aliphatic rings. The van der Waals surface area contributed by atoms with E-state index >= 15 is 0 Å². The van der Waals surface area contributed by atoms with E-state index in [-0.39, 0.29) is 17.3 Å². The molecule has 3 rings (SSSR count). The molecule has 6 heteroatoms. The Morgan fingerprint density at radius 2 is 1.79 bits per heavy atom. The smallest absolute Gasteiger partial charge is 0.316 e. The first-order valence-corrected chi connectivity index (χ1v) is 10.1. The average Bonchev–Trinajstić information content (AvgIpc) is 2.63. The number of fused-ring (bicyclic) bond motifs is 1. The summed E-state index contributed by atoms with van der Waals surface area (Å²) in [7, 11) is 0. The lowest BCUT2D eigenvalue weighted by Gasteiger charge is -2.19. The quantitative estimate of drug-likeness (QED) is 0.368. The van der Waals surface area contributed by atoms with E-state index in [1.807, 2.05) is 70.2 Å². The molecule has 0 amide bonds. The summed E-state index contributed by atoms with van der Waals surface area (Å²) >= 11 is 1.22. The van der Waals surface area contributed by atoms with Crippen LogP contribution in [0.1, 0.15) is 31.9 Å². The molecule has 0 saturated heterocycles. The third-order valence-corrected chi connectivity index (χ3v) is 4.98. The molecule has 0 radical (unpaired) electrons. The van der Waals surface area contributed by atoms with E-state index in [1.165, 1.54) is 11.8 Å². The Bertz CT molecular complexity index is 1050. The summed E-state index contributed by atoms with van der Waals surface area (Å²) in [5, 5.41) is 1.08. The Hall–Kier alpha value is -2.60. The van der Waals surface area contributed by atoms with Crippen LogP contribution in [0.4, 0.5) is 0 Å². The van der Waals surface area contributed by atoms with Crippen molar-refractivity contribution in [1.82, 2.24) is 9.55 Å². The molecule has 2 aromatic carbocycles. The fraction of sp³-hybridized carbons (Fsp3) is 0.318. The van der Waals surface area contributed by atoms with Crippen LogP contribution in [-0.4, -0.2) is 26.9 Å². The molecule has 0 saturated carbocycles. The SMILES string of the molecule is Cc1ccc(Cn2c(SCC(=O)OC(C)(C)C)nc3ccccc3c2=O)cc1. The fourth-order valence-corrected chi connectivity index (χ4v) is 3.54. The number of carbonyl (C=O) groups excluding carboxylic acids is 1. The first-order valence-electron chi connectivity index (χ1n) is 9.13. The molecule has 28 heavy (non-hydrogen) atoms. The summed E-state index contributed by atoms with van der Waals surface area (Å²) in [6.45, 7) is 7.91. The van der Waals surface area contributed by atoms with Crippen molar-refractivity contribution in [3.05, 3.63) is 70.0 Å². The normalized spacial score (nSPS) is 11.6. The second kappa shape index (κ2) is 8.19. The van der Waals surface area contributed by atoms with Crippen molar-refractivity contribution in [1.29, 1.82) is 0 Å². The van der Waals surface area contributed by atoms with Gasteiger partial charge in [-0.25, -0.2) is 4.98 Å². The third kappa shape index (κ3) is 5.01. The van der Waals surface area contributed by atoms with E-state index in [1.54, 1.807) is 10.6 Å². The van der Waals surface area contributed by atoms with Gasteiger partial charge in [0, 0.05) is 0 Å². The van der Waals surface area contributed by atoms with Crippen LogP contribution in [0.5, 0.6) is 0 Å². The second-order valence-corrected chi connectivity index (χ2v) is 8.61. The van der Waals surface area contributed by atoms with Gasteiger partial charge in [-0.1, -0.05) is 53.7 Å². The molecule has 3 aromatic rings. The number of ether oxygens (including phenoxy) is 1. The van der Waals surface area contributed by atoms with Gasteiger partial charge in [-0.05, 0) is 45.4 Å². The highest BCUT2D eigenvalue weighted by molar-refractivity contribution is 7.99. The molecule has 0 bridgehead atoms. The number of aryl methyl sites for hydroxylation is 1. The van der Waals surface area contributed by atoms with Crippen molar-refractivity contribution in [2.24, 2.45) is 0 Å². The zero-order chi connectivity index (χ0) is 20.3. The lowest BCUT2D eigenvalue weighted by Crippen LogP contribution is -2.26. The molecular formula is C22H24N2O3S. The minimum atomic E-state index is -0.546. The molecule has 1 aromatic heterocycles. The van der Waals surface area contributed by atoms with E-state index in [0.29, 0.717) is 22.6 Å². The molecule has 0 atom stereocenters. The number of para-hydroxylation sites is 1. The van der Waals surface area contributed by atoms with E-state index in [4.69, 9.17) is 4.74 Å². The second-order valence-electron chi connectivity index (χ2n) is 7.66. The minimum absolute atomic E-state index is 0.0932. The summed E-state index contributed by atoms with van der Waals surface area (Å²) in [5.74, 6) is -0.238. The molecular weight excluding hydrogens is 372 g/mol. The maximum absolute atomic E-state index is 13.1. The summed E-state index contributed by atoms with van der Waals surface area (Å²) in [6, 6.07) is 15.3. The number of hydrogen-bond donors (Lipinski definition) is 0. The summed E-state index contributed by atoms with van der Waals surface area (Å²) in [6.07, 6.45) is 0. The van der Waals surface area contributed by atoms with Crippen LogP contribution in [0, 0.1) is 6.92 Å². The Morgan fingerprint density at radius 1 is 1.11 bits per heavy atom. The zero-order valence-electron chi connectivity index (χ0n) is 16.6. The first-order chi connectivity index (χ1) is 13.2. The van der Waals surface area contributed by atoms with Gasteiger partial charge in [0.25, 0.3) is 5.56 Å². The number of carbonyl (C=O) groups is 1. The van der Waals surface area contributed by atoms with Gasteiger partial charge in [-0.2, -0.15) is 0 Å². The van der Waals surface area contributed by atoms with Gasteiger partial charge >= 0.3 is 5.97 Å². The summed E-state index contributed by atoms with van der Waals surface area (Å²) < 4.78 is 7.00. The van der Waals surface area contributed by atoms with Gasteiger partial charge in [0.05, 0.1) is 23.2 Å². The molecule has 0 unspecified atom stereocenters. The number of hydrogen-bond acceptors (Lipinski definition) is 5. The lowest BCUT2D eigenvalue weighted by molar-refractivity contribution is -0.151. The van der Waals surface area contributed by atoms with Gasteiger partial charge < -0.3 is 4.74 Å². The highest BCUT2D eigenvalue weighted by atomic mass is 32.2. The Labute approximate surface area is 168 Å². The van der Waals surface area contributed by atoms with Gasteiger partial charge in [-0.15, -0.1) is 0 Å². The summed E-state index contributed by atoms with van der Waals surface area (Å²) in [5.41, 5.74) is 2.13. The van der Waals surface area contributed by atoms with Crippen LogP contribution in [0.3, 0.4) is 0 Å². The van der Waals surface area contributed by atoms with E-state index in [2.05, 4.69) is 4.98 Å². The number of rotatable bonds is 5. The molecule has 5 nitrogen and oxygen atoms in total. The fourth-order valence-electron chi connectivity index (χ4n) is 2.77. The van der Waals surface area contributed by atoms with Gasteiger partial charge in [0.1, 0.15) is 5.60 Å². The first kappa shape index (κ1) is 20.1. The predicted molar refractivity (Wildman–Crippen MR) is 113 cm³/mol. The van der Waals surface area contributed by atoms with Crippen molar-refractivity contribution in [3.63, 3.8) is 0 Å². The van der Waals surface area contributed by atoms with E-state index < -0.39 is 5.60 Å². The Balaban J connectivity index is 1.95. The van der Waals surface area contributed by atoms with Crippen LogP contribution in [0.2, 0.25) is 0 Å². The monoisotopic (exact) mass is 396 g/mol. The summed E-state index contributed by atoms with van der Waals surface area (Å²) in [4.78, 5) is 29.9. The van der Waals surface area contributed by atoms with Gasteiger partial charge in [-0.3, -0.25) is 14.2 Å². The topological polar surface area (TPSA) is 61.2 Å². The van der Waals surface area contributed by atoms with Gasteiger partial charge in [0.15, 0.2) is 5.16 Å². The Morgan fingerprint density at radius 3 is 2.46 bits per heavy atom. The highest BCUT2D eigenvalue weighted by Crippen LogP contribution is 2.20. The lowest BCUT2D eigenvalue weighted by atomic mass is 10.1. The molecule has 0 aliphatic heterocycles. The van der Waals surface area contributed by atoms with Crippen molar-refractivity contribution < 1.29 is 9.53 Å². The number of benzene rings is 2. The van der Waals surface area contributed by atoms with Crippen LogP contribution in [0.15, 0.2) is 58.5 Å². The molecule has 1 heterocycles. The zero-order valence-corrected chi connectivity index (χ0v) is 17.4. The van der Waals surface area contributed by atoms with E-state index in [9.17, 15) is 9.59 Å². The van der Waals surface area contributed by atoms with Crippen LogP contribution in [0.25, 0.3) is 10.9 Å². The van der Waals surface area contributed by atoms with Crippen molar-refractivity contribution >= 4 is 28.6 Å². The molecule has 0 fully saturated rings. The number of nitrogens with zero attached hydrogens (tertiary/aromatic N) is 2. The van der Waals surface area contributed by atoms with Crippen molar-refractivity contribution in [2.45, 2.75) is 45.0 Å². The molecule has 0 aliphatic carbocycles. The maximum Gasteiger partial charge on any atom is 0.316 e. The van der Waals surface area contributed by atoms with Crippen LogP contribution < -0.4 is 5.56 Å². The number of thioether (sulfide) groups is 1. The molecule has 0 spiro atoms. The van der Waals surface area contributed by atoms with Gasteiger partial charge in [0.2, 0.25) is 0 Å². The maximum atomic E-state index is 13.1. The average molecular weight is 397 g/mol. The minimum Gasteiger partial charge on any atom is -0.459 e. The predicted octanol–water partition coefficient (Wildman–Crippen LogP) is 4.19. The van der Waals surface area contributed by atoms with Crippen molar-refractivity contribution in [2.75, 3.05) is 5.75 Å². The standard InChI is InChI=1S/C22H24N2O3S/c1-15-9-11-16(12-10-15)13-24-20(26)17-7-5-6-8-18(17)23-21(24)28-14-19(25)27-22(2,3)4/h5-12H,13-14H2,1-4H3. The van der Waals surface area contributed by atoms with E-state index in [0.717, 1.165) is 11.1 Å². The highest BCUT2D eigenvalue weighted by Gasteiger charge is 2.18. The van der Waals surface area contributed by atoms with Crippen LogP contribution in [-0.2, 0) is 16.1 Å².